The summed E-state index contributed by atoms with van der Waals surface area (Å²) in [6.45, 7) is 1.40. The number of hydrogen-bond donors (Lipinski definition) is 0. The van der Waals surface area contributed by atoms with Crippen LogP contribution in [0.25, 0.3) is 5.57 Å². The minimum absolute atomic E-state index is 0.142. The Morgan fingerprint density at radius 3 is 2.73 bits per heavy atom. The first-order valence-corrected chi connectivity index (χ1v) is 7.73. The summed E-state index contributed by atoms with van der Waals surface area (Å²) in [5.41, 5.74) is 3.06. The maximum atomic E-state index is 12.5. The fourth-order valence-corrected chi connectivity index (χ4v) is 2.71. The van der Waals surface area contributed by atoms with E-state index >= 15 is 0 Å². The van der Waals surface area contributed by atoms with Gasteiger partial charge in [-0.1, -0.05) is 35.9 Å². The standard InChI is InChI=1S/C18H17ClN2O/c19-16-8-6-14(7-9-16)12-18(22)21-11-3-4-15(13-21)17-5-1-2-10-20-17/h1-2,4-10H,3,11-13H2. The van der Waals surface area contributed by atoms with Crippen molar-refractivity contribution in [2.45, 2.75) is 12.8 Å². The SMILES string of the molecule is O=C(Cc1ccc(Cl)cc1)N1CCC=C(c2ccccn2)C1. The van der Waals surface area contributed by atoms with Gasteiger partial charge in [-0.2, -0.15) is 0 Å². The van der Waals surface area contributed by atoms with Gasteiger partial charge in [-0.15, -0.1) is 0 Å². The molecule has 0 unspecified atom stereocenters. The molecule has 0 N–H and O–H groups in total. The number of hydrogen-bond acceptors (Lipinski definition) is 2. The number of amides is 1. The van der Waals surface area contributed by atoms with Gasteiger partial charge in [-0.25, -0.2) is 0 Å². The zero-order valence-corrected chi connectivity index (χ0v) is 13.0. The van der Waals surface area contributed by atoms with Gasteiger partial charge in [-0.05, 0) is 41.8 Å². The van der Waals surface area contributed by atoms with Crippen LogP contribution in [0, 0.1) is 0 Å². The van der Waals surface area contributed by atoms with E-state index in [1.165, 1.54) is 0 Å². The molecule has 112 valence electrons. The van der Waals surface area contributed by atoms with E-state index < -0.39 is 0 Å². The smallest absolute Gasteiger partial charge is 0.227 e. The second-order valence-electron chi connectivity index (χ2n) is 5.35. The van der Waals surface area contributed by atoms with E-state index in [0.29, 0.717) is 18.0 Å². The first-order chi connectivity index (χ1) is 10.7. The van der Waals surface area contributed by atoms with Crippen molar-refractivity contribution in [3.05, 3.63) is 71.0 Å². The van der Waals surface area contributed by atoms with Crippen LogP contribution in [0.3, 0.4) is 0 Å². The number of pyridine rings is 1. The molecule has 2 heterocycles. The maximum absolute atomic E-state index is 12.5. The van der Waals surface area contributed by atoms with E-state index in [1.54, 1.807) is 6.20 Å². The Morgan fingerprint density at radius 2 is 2.00 bits per heavy atom. The molecule has 22 heavy (non-hydrogen) atoms. The van der Waals surface area contributed by atoms with Gasteiger partial charge in [0.05, 0.1) is 12.1 Å². The molecule has 0 saturated carbocycles. The van der Waals surface area contributed by atoms with Gasteiger partial charge in [0.25, 0.3) is 0 Å². The van der Waals surface area contributed by atoms with Crippen LogP contribution < -0.4 is 0 Å². The van der Waals surface area contributed by atoms with Crippen LogP contribution in [0.15, 0.2) is 54.7 Å². The molecule has 3 rings (SSSR count). The quantitative estimate of drug-likeness (QED) is 0.867. The predicted molar refractivity (Wildman–Crippen MR) is 88.6 cm³/mol. The fourth-order valence-electron chi connectivity index (χ4n) is 2.58. The van der Waals surface area contributed by atoms with Crippen molar-refractivity contribution in [1.29, 1.82) is 0 Å². The summed E-state index contributed by atoms with van der Waals surface area (Å²) >= 11 is 5.87. The van der Waals surface area contributed by atoms with Crippen molar-refractivity contribution in [2.75, 3.05) is 13.1 Å². The highest BCUT2D eigenvalue weighted by Crippen LogP contribution is 2.20. The second kappa shape index (κ2) is 6.75. The summed E-state index contributed by atoms with van der Waals surface area (Å²) in [6.07, 6.45) is 5.24. The Bertz CT molecular complexity index is 680. The van der Waals surface area contributed by atoms with Crippen molar-refractivity contribution in [1.82, 2.24) is 9.88 Å². The van der Waals surface area contributed by atoms with Crippen LogP contribution >= 0.6 is 11.6 Å². The van der Waals surface area contributed by atoms with E-state index in [9.17, 15) is 4.79 Å². The van der Waals surface area contributed by atoms with Crippen LogP contribution in [0.5, 0.6) is 0 Å². The molecular weight excluding hydrogens is 296 g/mol. The maximum Gasteiger partial charge on any atom is 0.227 e. The first kappa shape index (κ1) is 14.8. The predicted octanol–water partition coefficient (Wildman–Crippen LogP) is 3.59. The molecule has 0 spiro atoms. The summed E-state index contributed by atoms with van der Waals surface area (Å²) in [7, 11) is 0. The highest BCUT2D eigenvalue weighted by Gasteiger charge is 2.19. The molecule has 0 saturated heterocycles. The minimum atomic E-state index is 0.142. The summed E-state index contributed by atoms with van der Waals surface area (Å²) in [5, 5.41) is 0.689. The van der Waals surface area contributed by atoms with Crippen molar-refractivity contribution >= 4 is 23.1 Å². The highest BCUT2D eigenvalue weighted by atomic mass is 35.5. The lowest BCUT2D eigenvalue weighted by Gasteiger charge is -2.27. The van der Waals surface area contributed by atoms with Gasteiger partial charge in [0.2, 0.25) is 5.91 Å². The lowest BCUT2D eigenvalue weighted by atomic mass is 10.0. The normalized spacial score (nSPS) is 14.6. The second-order valence-corrected chi connectivity index (χ2v) is 5.79. The van der Waals surface area contributed by atoms with Gasteiger partial charge < -0.3 is 4.90 Å². The van der Waals surface area contributed by atoms with Crippen LogP contribution in [0.1, 0.15) is 17.7 Å². The number of rotatable bonds is 3. The topological polar surface area (TPSA) is 33.2 Å². The van der Waals surface area contributed by atoms with Crippen molar-refractivity contribution in [3.63, 3.8) is 0 Å². The fraction of sp³-hybridized carbons (Fsp3) is 0.222. The van der Waals surface area contributed by atoms with Gasteiger partial charge in [0, 0.05) is 24.3 Å². The van der Waals surface area contributed by atoms with Gasteiger partial charge >= 0.3 is 0 Å². The lowest BCUT2D eigenvalue weighted by molar-refractivity contribution is -0.129. The third kappa shape index (κ3) is 3.55. The lowest BCUT2D eigenvalue weighted by Crippen LogP contribution is -2.36. The zero-order valence-electron chi connectivity index (χ0n) is 12.2. The van der Waals surface area contributed by atoms with Gasteiger partial charge in [0.15, 0.2) is 0 Å². The molecule has 1 aromatic carbocycles. The molecular formula is C18H17ClN2O. The van der Waals surface area contributed by atoms with E-state index in [4.69, 9.17) is 11.6 Å². The molecule has 0 aliphatic carbocycles. The molecule has 1 aromatic heterocycles. The van der Waals surface area contributed by atoms with Crippen LogP contribution in [-0.4, -0.2) is 28.9 Å². The first-order valence-electron chi connectivity index (χ1n) is 7.35. The van der Waals surface area contributed by atoms with Gasteiger partial charge in [0.1, 0.15) is 0 Å². The van der Waals surface area contributed by atoms with Crippen LogP contribution in [0.2, 0.25) is 5.02 Å². The Hall–Kier alpha value is -2.13. The molecule has 1 aliphatic heterocycles. The highest BCUT2D eigenvalue weighted by molar-refractivity contribution is 6.30. The van der Waals surface area contributed by atoms with Crippen LogP contribution in [-0.2, 0) is 11.2 Å². The third-order valence-corrected chi connectivity index (χ3v) is 4.02. The summed E-state index contributed by atoms with van der Waals surface area (Å²) in [6, 6.07) is 13.3. The Kier molecular flexibility index (Phi) is 4.54. The molecule has 0 atom stereocenters. The number of carbonyl (C=O) groups excluding carboxylic acids is 1. The number of benzene rings is 1. The van der Waals surface area contributed by atoms with Crippen LogP contribution in [0.4, 0.5) is 0 Å². The molecule has 1 amide bonds. The largest absolute Gasteiger partial charge is 0.338 e. The van der Waals surface area contributed by atoms with Gasteiger partial charge in [-0.3, -0.25) is 9.78 Å². The molecule has 0 radical (unpaired) electrons. The van der Waals surface area contributed by atoms with Crippen molar-refractivity contribution in [2.24, 2.45) is 0 Å². The molecule has 0 fully saturated rings. The molecule has 0 bridgehead atoms. The summed E-state index contributed by atoms with van der Waals surface area (Å²) in [5.74, 6) is 0.142. The molecule has 2 aromatic rings. The monoisotopic (exact) mass is 312 g/mol. The van der Waals surface area contributed by atoms with E-state index in [2.05, 4.69) is 11.1 Å². The average Bonchev–Trinajstić information content (AvgIpc) is 2.58. The number of aromatic nitrogens is 1. The van der Waals surface area contributed by atoms with E-state index in [0.717, 1.165) is 29.8 Å². The average molecular weight is 313 g/mol. The summed E-state index contributed by atoms with van der Waals surface area (Å²) in [4.78, 5) is 18.7. The third-order valence-electron chi connectivity index (χ3n) is 3.77. The number of nitrogens with zero attached hydrogens (tertiary/aromatic N) is 2. The Morgan fingerprint density at radius 1 is 1.18 bits per heavy atom. The van der Waals surface area contributed by atoms with Crippen molar-refractivity contribution in [3.8, 4) is 0 Å². The minimum Gasteiger partial charge on any atom is -0.338 e. The molecule has 3 nitrogen and oxygen atoms in total. The summed E-state index contributed by atoms with van der Waals surface area (Å²) < 4.78 is 0. The van der Waals surface area contributed by atoms with E-state index in [-0.39, 0.29) is 5.91 Å². The number of halogens is 1. The Labute approximate surface area is 135 Å². The Balaban J connectivity index is 1.67. The zero-order chi connectivity index (χ0) is 15.4. The van der Waals surface area contributed by atoms with Crippen molar-refractivity contribution < 1.29 is 4.79 Å². The number of carbonyl (C=O) groups is 1. The molecule has 1 aliphatic rings. The molecule has 4 heteroatoms. The van der Waals surface area contributed by atoms with E-state index in [1.807, 2.05) is 47.4 Å².